The molecule has 1 N–H and O–H groups in total. The Kier molecular flexibility index (Phi) is 5.01. The minimum atomic E-state index is -3.80. The number of hydrogen-bond acceptors (Lipinski definition) is 3. The van der Waals surface area contributed by atoms with Gasteiger partial charge in [-0.1, -0.05) is 11.6 Å². The Balaban J connectivity index is 2.18. The van der Waals surface area contributed by atoms with Gasteiger partial charge in [-0.2, -0.15) is 4.31 Å². The van der Waals surface area contributed by atoms with E-state index in [1.807, 2.05) is 7.05 Å². The number of sulfonamides is 1. The predicted octanol–water partition coefficient (Wildman–Crippen LogP) is 2.10. The van der Waals surface area contributed by atoms with Crippen LogP contribution in [0.4, 0.5) is 4.39 Å². The van der Waals surface area contributed by atoms with Gasteiger partial charge in [0, 0.05) is 18.1 Å². The van der Waals surface area contributed by atoms with Crippen LogP contribution in [0.5, 0.6) is 0 Å². The summed E-state index contributed by atoms with van der Waals surface area (Å²) in [6.07, 6.45) is 1.56. The molecule has 2 rings (SSSR count). The molecule has 112 valence electrons. The average molecular weight is 321 g/mol. The van der Waals surface area contributed by atoms with Crippen LogP contribution in [-0.4, -0.2) is 39.4 Å². The van der Waals surface area contributed by atoms with Crippen molar-refractivity contribution in [2.75, 3.05) is 26.7 Å². The summed E-state index contributed by atoms with van der Waals surface area (Å²) in [6, 6.07) is 3.60. The van der Waals surface area contributed by atoms with Crippen LogP contribution in [0.25, 0.3) is 0 Å². The van der Waals surface area contributed by atoms with E-state index in [4.69, 9.17) is 11.6 Å². The molecule has 0 aromatic heterocycles. The average Bonchev–Trinajstić information content (AvgIpc) is 2.42. The number of nitrogens with one attached hydrogen (secondary N) is 1. The summed E-state index contributed by atoms with van der Waals surface area (Å²) < 4.78 is 40.0. The van der Waals surface area contributed by atoms with Gasteiger partial charge >= 0.3 is 0 Å². The monoisotopic (exact) mass is 320 g/mol. The highest BCUT2D eigenvalue weighted by Crippen LogP contribution is 2.26. The first kappa shape index (κ1) is 15.7. The molecule has 0 amide bonds. The summed E-state index contributed by atoms with van der Waals surface area (Å²) in [5, 5.41) is 3.31. The molecule has 1 aromatic carbocycles. The maximum atomic E-state index is 13.7. The van der Waals surface area contributed by atoms with Crippen molar-refractivity contribution < 1.29 is 12.8 Å². The topological polar surface area (TPSA) is 49.4 Å². The van der Waals surface area contributed by atoms with Gasteiger partial charge in [0.05, 0.1) is 0 Å². The van der Waals surface area contributed by atoms with E-state index in [1.54, 1.807) is 0 Å². The van der Waals surface area contributed by atoms with Gasteiger partial charge in [0.25, 0.3) is 0 Å². The molecule has 0 aliphatic carbocycles. The smallest absolute Gasteiger partial charge is 0.246 e. The molecule has 1 saturated heterocycles. The molecule has 1 aliphatic rings. The van der Waals surface area contributed by atoms with Crippen LogP contribution in [0.1, 0.15) is 12.8 Å². The fourth-order valence-electron chi connectivity index (χ4n) is 2.46. The van der Waals surface area contributed by atoms with Crippen molar-refractivity contribution in [3.63, 3.8) is 0 Å². The number of halogens is 2. The molecule has 1 heterocycles. The molecule has 1 aromatic rings. The molecule has 0 radical (unpaired) electrons. The number of nitrogens with zero attached hydrogens (tertiary/aromatic N) is 1. The summed E-state index contributed by atoms with van der Waals surface area (Å²) in [5.74, 6) is -0.289. The lowest BCUT2D eigenvalue weighted by Crippen LogP contribution is -2.40. The minimum Gasteiger partial charge on any atom is -0.319 e. The highest BCUT2D eigenvalue weighted by molar-refractivity contribution is 7.89. The molecule has 0 unspecified atom stereocenters. The maximum Gasteiger partial charge on any atom is 0.246 e. The summed E-state index contributed by atoms with van der Waals surface area (Å²) in [5.41, 5.74) is 0. The van der Waals surface area contributed by atoms with E-state index in [0.717, 1.165) is 25.5 Å². The third kappa shape index (κ3) is 3.31. The zero-order chi connectivity index (χ0) is 14.8. The third-order valence-corrected chi connectivity index (χ3v) is 5.73. The van der Waals surface area contributed by atoms with E-state index < -0.39 is 15.8 Å². The highest BCUT2D eigenvalue weighted by atomic mass is 35.5. The molecular weight excluding hydrogens is 303 g/mol. The summed E-state index contributed by atoms with van der Waals surface area (Å²) in [6.45, 7) is 1.71. The van der Waals surface area contributed by atoms with E-state index >= 15 is 0 Å². The van der Waals surface area contributed by atoms with Crippen molar-refractivity contribution in [3.8, 4) is 0 Å². The number of piperidine rings is 1. The number of hydrogen-bond donors (Lipinski definition) is 1. The van der Waals surface area contributed by atoms with Gasteiger partial charge in [0.2, 0.25) is 10.0 Å². The fourth-order valence-corrected chi connectivity index (χ4v) is 4.25. The Morgan fingerprint density at radius 2 is 2.05 bits per heavy atom. The number of rotatable bonds is 4. The zero-order valence-electron chi connectivity index (χ0n) is 11.3. The van der Waals surface area contributed by atoms with Gasteiger partial charge in [-0.3, -0.25) is 0 Å². The summed E-state index contributed by atoms with van der Waals surface area (Å²) in [7, 11) is -1.92. The lowest BCUT2D eigenvalue weighted by molar-refractivity contribution is 0.270. The van der Waals surface area contributed by atoms with Crippen LogP contribution in [0, 0.1) is 11.7 Å². The van der Waals surface area contributed by atoms with Crippen molar-refractivity contribution in [2.24, 2.45) is 5.92 Å². The molecule has 4 nitrogen and oxygen atoms in total. The minimum absolute atomic E-state index is 0.218. The van der Waals surface area contributed by atoms with Crippen molar-refractivity contribution in [2.45, 2.75) is 17.7 Å². The van der Waals surface area contributed by atoms with Crippen molar-refractivity contribution in [3.05, 3.63) is 29.0 Å². The Morgan fingerprint density at radius 3 is 2.65 bits per heavy atom. The van der Waals surface area contributed by atoms with Crippen LogP contribution in [0.3, 0.4) is 0 Å². The summed E-state index contributed by atoms with van der Waals surface area (Å²) in [4.78, 5) is -0.336. The molecule has 0 bridgehead atoms. The number of benzene rings is 1. The van der Waals surface area contributed by atoms with Gasteiger partial charge in [0.15, 0.2) is 0 Å². The standard InChI is InChI=1S/C13H18ClFN2O2S/c1-16-9-10-4-6-17(7-5-10)20(18,19)13-8-11(14)2-3-12(13)15/h2-3,8,10,16H,4-7,9H2,1H3. The quantitative estimate of drug-likeness (QED) is 0.924. The maximum absolute atomic E-state index is 13.7. The first-order valence-electron chi connectivity index (χ1n) is 6.55. The largest absolute Gasteiger partial charge is 0.319 e. The van der Waals surface area contributed by atoms with E-state index in [2.05, 4.69) is 5.32 Å². The highest BCUT2D eigenvalue weighted by Gasteiger charge is 2.31. The lowest BCUT2D eigenvalue weighted by Gasteiger charge is -2.31. The van der Waals surface area contributed by atoms with E-state index in [-0.39, 0.29) is 9.92 Å². The second kappa shape index (κ2) is 6.39. The molecule has 1 aliphatic heterocycles. The first-order chi connectivity index (χ1) is 9.45. The van der Waals surface area contributed by atoms with E-state index in [0.29, 0.717) is 19.0 Å². The van der Waals surface area contributed by atoms with Gasteiger partial charge in [-0.25, -0.2) is 12.8 Å². The van der Waals surface area contributed by atoms with Crippen molar-refractivity contribution in [1.82, 2.24) is 9.62 Å². The molecule has 20 heavy (non-hydrogen) atoms. The van der Waals surface area contributed by atoms with Crippen molar-refractivity contribution in [1.29, 1.82) is 0 Å². The normalized spacial score (nSPS) is 18.4. The van der Waals surface area contributed by atoms with Gasteiger partial charge in [-0.15, -0.1) is 0 Å². The Labute approximate surface area is 124 Å². The molecule has 0 spiro atoms. The molecule has 1 fully saturated rings. The van der Waals surface area contributed by atoms with Crippen LogP contribution in [0.2, 0.25) is 5.02 Å². The van der Waals surface area contributed by atoms with Gasteiger partial charge in [-0.05, 0) is 50.6 Å². The Bertz CT molecular complexity index is 572. The zero-order valence-corrected chi connectivity index (χ0v) is 12.8. The molecule has 0 saturated carbocycles. The van der Waals surface area contributed by atoms with E-state index in [9.17, 15) is 12.8 Å². The fraction of sp³-hybridized carbons (Fsp3) is 0.538. The third-order valence-electron chi connectivity index (χ3n) is 3.58. The predicted molar refractivity (Wildman–Crippen MR) is 76.8 cm³/mol. The van der Waals surface area contributed by atoms with Crippen molar-refractivity contribution >= 4 is 21.6 Å². The van der Waals surface area contributed by atoms with E-state index in [1.165, 1.54) is 16.4 Å². The second-order valence-corrected chi connectivity index (χ2v) is 7.32. The second-order valence-electron chi connectivity index (χ2n) is 4.98. The molecule has 7 heteroatoms. The van der Waals surface area contributed by atoms with Gasteiger partial charge in [0.1, 0.15) is 10.7 Å². The Morgan fingerprint density at radius 1 is 1.40 bits per heavy atom. The van der Waals surface area contributed by atoms with Crippen LogP contribution in [0.15, 0.2) is 23.1 Å². The first-order valence-corrected chi connectivity index (χ1v) is 8.36. The SMILES string of the molecule is CNCC1CCN(S(=O)(=O)c2cc(Cl)ccc2F)CC1. The van der Waals surface area contributed by atoms with Crippen LogP contribution >= 0.6 is 11.6 Å². The Hall–Kier alpha value is -0.690. The molecule has 0 atom stereocenters. The van der Waals surface area contributed by atoms with Crippen LogP contribution in [-0.2, 0) is 10.0 Å². The lowest BCUT2D eigenvalue weighted by atomic mass is 9.98. The van der Waals surface area contributed by atoms with Gasteiger partial charge < -0.3 is 5.32 Å². The summed E-state index contributed by atoms with van der Waals surface area (Å²) >= 11 is 5.77. The molecular formula is C13H18ClFN2O2S. The van der Waals surface area contributed by atoms with Crippen LogP contribution < -0.4 is 5.32 Å².